The molecule has 0 fully saturated rings. The Bertz CT molecular complexity index is 276. The highest BCUT2D eigenvalue weighted by atomic mass is 16.4. The Balaban J connectivity index is 3.21. The Morgan fingerprint density at radius 1 is 1.17 bits per heavy atom. The van der Waals surface area contributed by atoms with Gasteiger partial charge in [-0.2, -0.15) is 0 Å². The molecule has 0 unspecified atom stereocenters. The topological polar surface area (TPSA) is 66.5 Å². The first-order valence-electron chi connectivity index (χ1n) is 3.75. The van der Waals surface area contributed by atoms with E-state index in [2.05, 4.69) is 0 Å². The van der Waals surface area contributed by atoms with Crippen LogP contribution in [-0.4, -0.2) is 17.2 Å². The molecule has 1 rings (SSSR count). The highest BCUT2D eigenvalue weighted by molar-refractivity contribution is 6.58. The van der Waals surface area contributed by atoms with Crippen molar-refractivity contribution in [2.45, 2.75) is 13.8 Å². The number of nitrogen functional groups attached to an aromatic ring is 1. The summed E-state index contributed by atoms with van der Waals surface area (Å²) in [6.45, 7) is 3.68. The molecule has 0 aliphatic rings. The van der Waals surface area contributed by atoms with Crippen LogP contribution in [0.2, 0.25) is 0 Å². The zero-order valence-electron chi connectivity index (χ0n) is 7.20. The molecule has 0 heterocycles. The van der Waals surface area contributed by atoms with Crippen LogP contribution in [0.15, 0.2) is 12.1 Å². The minimum atomic E-state index is -1.41. The second-order valence-electron chi connectivity index (χ2n) is 2.94. The van der Waals surface area contributed by atoms with Gasteiger partial charge in [0.05, 0.1) is 0 Å². The summed E-state index contributed by atoms with van der Waals surface area (Å²) in [5.41, 5.74) is 8.63. The molecule has 0 radical (unpaired) electrons. The first-order valence-corrected chi connectivity index (χ1v) is 3.75. The van der Waals surface area contributed by atoms with Crippen molar-refractivity contribution in [3.8, 4) is 0 Å². The van der Waals surface area contributed by atoms with Crippen LogP contribution in [0.1, 0.15) is 11.1 Å². The second kappa shape index (κ2) is 3.17. The van der Waals surface area contributed by atoms with E-state index in [0.29, 0.717) is 11.2 Å². The van der Waals surface area contributed by atoms with Crippen molar-refractivity contribution in [3.63, 3.8) is 0 Å². The molecule has 64 valence electrons. The molecule has 0 aliphatic heterocycles. The van der Waals surface area contributed by atoms with Crippen LogP contribution in [0, 0.1) is 13.8 Å². The molecule has 1 aromatic carbocycles. The molecule has 3 nitrogen and oxygen atoms in total. The van der Waals surface area contributed by atoms with Gasteiger partial charge < -0.3 is 15.8 Å². The van der Waals surface area contributed by atoms with Gasteiger partial charge in [-0.05, 0) is 30.4 Å². The summed E-state index contributed by atoms with van der Waals surface area (Å²) in [6, 6.07) is 3.35. The van der Waals surface area contributed by atoms with Gasteiger partial charge in [0.2, 0.25) is 0 Å². The Labute approximate surface area is 72.0 Å². The molecule has 0 saturated carbocycles. The third-order valence-electron chi connectivity index (χ3n) is 1.91. The minimum Gasteiger partial charge on any atom is -0.423 e. The van der Waals surface area contributed by atoms with E-state index in [0.717, 1.165) is 11.1 Å². The zero-order chi connectivity index (χ0) is 9.30. The molecule has 0 aliphatic carbocycles. The summed E-state index contributed by atoms with van der Waals surface area (Å²) in [7, 11) is -1.41. The third kappa shape index (κ3) is 1.60. The highest BCUT2D eigenvalue weighted by Crippen LogP contribution is 2.13. The van der Waals surface area contributed by atoms with Gasteiger partial charge in [-0.15, -0.1) is 0 Å². The van der Waals surface area contributed by atoms with E-state index in [4.69, 9.17) is 15.8 Å². The minimum absolute atomic E-state index is 0.485. The molecule has 4 heteroatoms. The molecule has 12 heavy (non-hydrogen) atoms. The van der Waals surface area contributed by atoms with Gasteiger partial charge in [-0.1, -0.05) is 12.1 Å². The lowest BCUT2D eigenvalue weighted by molar-refractivity contribution is 0.425. The number of aryl methyl sites for hydroxylation is 2. The van der Waals surface area contributed by atoms with Crippen LogP contribution in [-0.2, 0) is 0 Å². The number of hydrogen-bond donors (Lipinski definition) is 3. The number of nitrogens with two attached hydrogens (primary N) is 1. The van der Waals surface area contributed by atoms with E-state index in [-0.39, 0.29) is 0 Å². The molecule has 0 amide bonds. The SMILES string of the molecule is Cc1cc(B(O)O)cc(C)c1N. The van der Waals surface area contributed by atoms with Gasteiger partial charge in [-0.3, -0.25) is 0 Å². The molecule has 1 aromatic rings. The predicted octanol–water partition coefficient (Wildman–Crippen LogP) is -0.435. The van der Waals surface area contributed by atoms with Crippen molar-refractivity contribution in [2.75, 3.05) is 5.73 Å². The molecular weight excluding hydrogens is 153 g/mol. The van der Waals surface area contributed by atoms with Gasteiger partial charge in [-0.25, -0.2) is 0 Å². The monoisotopic (exact) mass is 165 g/mol. The zero-order valence-corrected chi connectivity index (χ0v) is 7.20. The molecule has 0 spiro atoms. The lowest BCUT2D eigenvalue weighted by Gasteiger charge is -2.07. The molecule has 0 bridgehead atoms. The van der Waals surface area contributed by atoms with Gasteiger partial charge in [0.15, 0.2) is 0 Å². The Hall–Kier alpha value is -0.995. The van der Waals surface area contributed by atoms with Crippen LogP contribution < -0.4 is 11.2 Å². The summed E-state index contributed by atoms with van der Waals surface area (Å²) in [4.78, 5) is 0. The fourth-order valence-electron chi connectivity index (χ4n) is 1.16. The third-order valence-corrected chi connectivity index (χ3v) is 1.91. The van der Waals surface area contributed by atoms with Gasteiger partial charge in [0, 0.05) is 5.69 Å². The first kappa shape index (κ1) is 9.10. The van der Waals surface area contributed by atoms with Gasteiger partial charge in [0.1, 0.15) is 0 Å². The molecule has 0 aromatic heterocycles. The van der Waals surface area contributed by atoms with E-state index < -0.39 is 7.12 Å². The quantitative estimate of drug-likeness (QED) is 0.390. The molecular formula is C8H12BNO2. The fourth-order valence-corrected chi connectivity index (χ4v) is 1.16. The Kier molecular flexibility index (Phi) is 2.40. The van der Waals surface area contributed by atoms with E-state index in [1.54, 1.807) is 12.1 Å². The summed E-state index contributed by atoms with van der Waals surface area (Å²) in [5.74, 6) is 0. The van der Waals surface area contributed by atoms with Crippen LogP contribution in [0.3, 0.4) is 0 Å². The van der Waals surface area contributed by atoms with Crippen LogP contribution in [0.4, 0.5) is 5.69 Å². The summed E-state index contributed by atoms with van der Waals surface area (Å²) < 4.78 is 0. The maximum absolute atomic E-state index is 8.88. The average Bonchev–Trinajstić information content (AvgIpc) is 1.99. The number of anilines is 1. The highest BCUT2D eigenvalue weighted by Gasteiger charge is 2.12. The summed E-state index contributed by atoms with van der Waals surface area (Å²) in [6.07, 6.45) is 0. The van der Waals surface area contributed by atoms with Crippen LogP contribution in [0.5, 0.6) is 0 Å². The van der Waals surface area contributed by atoms with Crippen molar-refractivity contribution < 1.29 is 10.0 Å². The van der Waals surface area contributed by atoms with Crippen LogP contribution in [0.25, 0.3) is 0 Å². The largest absolute Gasteiger partial charge is 0.488 e. The molecule has 0 saturated heterocycles. The lowest BCUT2D eigenvalue weighted by Crippen LogP contribution is -2.30. The van der Waals surface area contributed by atoms with Gasteiger partial charge >= 0.3 is 7.12 Å². The van der Waals surface area contributed by atoms with E-state index in [1.165, 1.54) is 0 Å². The molecule has 4 N–H and O–H groups in total. The number of hydrogen-bond acceptors (Lipinski definition) is 3. The van der Waals surface area contributed by atoms with E-state index in [9.17, 15) is 0 Å². The van der Waals surface area contributed by atoms with Crippen molar-refractivity contribution in [1.29, 1.82) is 0 Å². The van der Waals surface area contributed by atoms with Gasteiger partial charge in [0.25, 0.3) is 0 Å². The van der Waals surface area contributed by atoms with Crippen molar-refractivity contribution in [1.82, 2.24) is 0 Å². The molecule has 0 atom stereocenters. The normalized spacial score (nSPS) is 10.0. The predicted molar refractivity (Wildman–Crippen MR) is 50.2 cm³/mol. The maximum atomic E-state index is 8.88. The van der Waals surface area contributed by atoms with Crippen LogP contribution >= 0.6 is 0 Å². The first-order chi connectivity index (χ1) is 5.52. The lowest BCUT2D eigenvalue weighted by atomic mass is 9.78. The summed E-state index contributed by atoms with van der Waals surface area (Å²) >= 11 is 0. The summed E-state index contributed by atoms with van der Waals surface area (Å²) in [5, 5.41) is 17.8. The second-order valence-corrected chi connectivity index (χ2v) is 2.94. The van der Waals surface area contributed by atoms with Crippen molar-refractivity contribution >= 4 is 18.3 Å². The average molecular weight is 165 g/mol. The number of benzene rings is 1. The van der Waals surface area contributed by atoms with Crippen molar-refractivity contribution in [2.24, 2.45) is 0 Å². The Morgan fingerprint density at radius 3 is 1.92 bits per heavy atom. The van der Waals surface area contributed by atoms with Crippen molar-refractivity contribution in [3.05, 3.63) is 23.3 Å². The Morgan fingerprint density at radius 2 is 1.58 bits per heavy atom. The fraction of sp³-hybridized carbons (Fsp3) is 0.250. The van der Waals surface area contributed by atoms with E-state index >= 15 is 0 Å². The number of rotatable bonds is 1. The maximum Gasteiger partial charge on any atom is 0.488 e. The van der Waals surface area contributed by atoms with E-state index in [1.807, 2.05) is 13.8 Å². The standard InChI is InChI=1S/C8H12BNO2/c1-5-3-7(9(11)12)4-6(2)8(5)10/h3-4,11-12H,10H2,1-2H3. The smallest absolute Gasteiger partial charge is 0.423 e.